The van der Waals surface area contributed by atoms with Crippen molar-refractivity contribution in [3.63, 3.8) is 0 Å². The molecule has 8 rings (SSSR count). The normalized spacial score (nSPS) is 24.3. The van der Waals surface area contributed by atoms with Gasteiger partial charge in [0.2, 0.25) is 0 Å². The van der Waals surface area contributed by atoms with Crippen molar-refractivity contribution in [3.05, 3.63) is 146 Å². The molecule has 0 aliphatic heterocycles. The molecule has 4 aromatic carbocycles. The average Bonchev–Trinajstić information content (AvgIpc) is 3.79. The number of ketones is 1. The predicted octanol–water partition coefficient (Wildman–Crippen LogP) is 6.24. The Balaban J connectivity index is 1.15. The highest BCUT2D eigenvalue weighted by atomic mass is 16.1. The van der Waals surface area contributed by atoms with Crippen LogP contribution in [0.2, 0.25) is 0 Å². The van der Waals surface area contributed by atoms with Crippen molar-refractivity contribution in [2.45, 2.75) is 35.8 Å². The number of Topliss-reactive ketones (excluding diaryl/α,β-unsaturated/α-hetero) is 1. The zero-order valence-corrected chi connectivity index (χ0v) is 22.9. The minimum atomic E-state index is -0.838. The molecule has 2 aliphatic rings. The number of hydrogen-bond donors (Lipinski definition) is 0. The summed E-state index contributed by atoms with van der Waals surface area (Å²) in [5.74, 6) is 0.0810. The van der Waals surface area contributed by atoms with Gasteiger partial charge in [-0.2, -0.15) is 10.2 Å². The number of hydrogen-bond acceptors (Lipinski definition) is 5. The van der Waals surface area contributed by atoms with Gasteiger partial charge < -0.3 is 0 Å². The lowest BCUT2D eigenvalue weighted by atomic mass is 9.92. The second kappa shape index (κ2) is 9.45. The molecular weight excluding hydrogens is 520 g/mol. The van der Waals surface area contributed by atoms with E-state index in [4.69, 9.17) is 0 Å². The Bertz CT molecular complexity index is 1700. The lowest BCUT2D eigenvalue weighted by Crippen LogP contribution is -2.43. The highest BCUT2D eigenvalue weighted by Gasteiger charge is 2.74. The molecule has 0 bridgehead atoms. The van der Waals surface area contributed by atoms with Crippen LogP contribution in [0.4, 0.5) is 0 Å². The number of carbonyl (C=O) groups is 1. The van der Waals surface area contributed by atoms with Gasteiger partial charge in [-0.1, -0.05) is 109 Å². The Hall–Kier alpha value is -5.17. The molecule has 2 heterocycles. The van der Waals surface area contributed by atoms with Gasteiger partial charge in [0.15, 0.2) is 5.78 Å². The number of aromatic nitrogens is 6. The molecule has 7 nitrogen and oxygen atoms in total. The SMILES string of the molecule is O=C(C1(n2cncn2)CC1c1ccc(-c2ccccc2)cc1)C1(n2cncn2)CC1c1ccc(-c2ccccc2)cc1. The third-order valence-corrected chi connectivity index (χ3v) is 9.15. The first-order valence-electron chi connectivity index (χ1n) is 14.3. The van der Waals surface area contributed by atoms with Crippen LogP contribution in [0.15, 0.2) is 135 Å². The van der Waals surface area contributed by atoms with Crippen molar-refractivity contribution in [3.8, 4) is 22.3 Å². The van der Waals surface area contributed by atoms with Gasteiger partial charge in [-0.15, -0.1) is 0 Å². The van der Waals surface area contributed by atoms with Gasteiger partial charge in [0.1, 0.15) is 36.4 Å². The highest BCUT2D eigenvalue weighted by Crippen LogP contribution is 2.67. The number of nitrogens with zero attached hydrogens (tertiary/aromatic N) is 6. The van der Waals surface area contributed by atoms with Gasteiger partial charge in [-0.3, -0.25) is 4.79 Å². The fraction of sp³-hybridized carbons (Fsp3) is 0.171. The van der Waals surface area contributed by atoms with E-state index in [1.807, 2.05) is 36.4 Å². The predicted molar refractivity (Wildman–Crippen MR) is 159 cm³/mol. The zero-order valence-electron chi connectivity index (χ0n) is 22.9. The number of rotatable bonds is 8. The fourth-order valence-corrected chi connectivity index (χ4v) is 6.79. The maximum absolute atomic E-state index is 15.0. The Kier molecular flexibility index (Phi) is 5.54. The topological polar surface area (TPSA) is 78.5 Å². The molecule has 0 N–H and O–H groups in total. The van der Waals surface area contributed by atoms with E-state index in [9.17, 15) is 4.79 Å². The Labute approximate surface area is 243 Å². The van der Waals surface area contributed by atoms with Crippen LogP contribution in [-0.4, -0.2) is 35.3 Å². The van der Waals surface area contributed by atoms with Crippen LogP contribution in [0.1, 0.15) is 35.8 Å². The lowest BCUT2D eigenvalue weighted by Gasteiger charge is -2.25. The minimum absolute atomic E-state index is 0.0152. The minimum Gasteiger partial charge on any atom is -0.294 e. The van der Waals surface area contributed by atoms with Gasteiger partial charge in [0.25, 0.3) is 0 Å². The second-order valence-corrected chi connectivity index (χ2v) is 11.3. The first-order chi connectivity index (χ1) is 20.7. The number of carbonyl (C=O) groups excluding carboxylic acids is 1. The van der Waals surface area contributed by atoms with Crippen LogP contribution in [0.25, 0.3) is 22.3 Å². The molecular formula is C35H28N6O. The van der Waals surface area contributed by atoms with E-state index in [0.717, 1.165) is 22.3 Å². The summed E-state index contributed by atoms with van der Waals surface area (Å²) in [5.41, 5.74) is 5.21. The van der Waals surface area contributed by atoms with E-state index in [2.05, 4.69) is 93.0 Å². The molecule has 204 valence electrons. The van der Waals surface area contributed by atoms with Crippen LogP contribution < -0.4 is 0 Å². The third-order valence-electron chi connectivity index (χ3n) is 9.15. The van der Waals surface area contributed by atoms with Crippen LogP contribution in [0.3, 0.4) is 0 Å². The van der Waals surface area contributed by atoms with E-state index in [0.29, 0.717) is 12.8 Å². The van der Waals surface area contributed by atoms with Crippen LogP contribution >= 0.6 is 0 Å². The molecule has 0 saturated heterocycles. The second-order valence-electron chi connectivity index (χ2n) is 11.3. The summed E-state index contributed by atoms with van der Waals surface area (Å²) in [4.78, 5) is 23.5. The number of benzene rings is 4. The molecule has 2 aliphatic carbocycles. The first-order valence-corrected chi connectivity index (χ1v) is 14.3. The molecule has 2 fully saturated rings. The summed E-state index contributed by atoms with van der Waals surface area (Å²) in [6.45, 7) is 0. The molecule has 4 atom stereocenters. The van der Waals surface area contributed by atoms with E-state index in [1.165, 1.54) is 23.8 Å². The molecule has 7 heteroatoms. The van der Waals surface area contributed by atoms with Crippen LogP contribution in [-0.2, 0) is 15.9 Å². The summed E-state index contributed by atoms with van der Waals surface area (Å²) >= 11 is 0. The molecule has 6 aromatic rings. The summed E-state index contributed by atoms with van der Waals surface area (Å²) < 4.78 is 3.55. The first kappa shape index (κ1) is 24.6. The smallest absolute Gasteiger partial charge is 0.189 e. The highest BCUT2D eigenvalue weighted by molar-refractivity contribution is 6.01. The largest absolute Gasteiger partial charge is 0.294 e. The Morgan fingerprint density at radius 1 is 0.548 bits per heavy atom. The lowest BCUT2D eigenvalue weighted by molar-refractivity contribution is -0.129. The summed E-state index contributed by atoms with van der Waals surface area (Å²) in [7, 11) is 0. The van der Waals surface area contributed by atoms with Gasteiger partial charge in [-0.25, -0.2) is 19.3 Å². The third kappa shape index (κ3) is 3.77. The van der Waals surface area contributed by atoms with Crippen molar-refractivity contribution < 1.29 is 4.79 Å². The fourth-order valence-electron chi connectivity index (χ4n) is 6.79. The van der Waals surface area contributed by atoms with Crippen molar-refractivity contribution in [1.29, 1.82) is 0 Å². The van der Waals surface area contributed by atoms with Crippen molar-refractivity contribution in [2.75, 3.05) is 0 Å². The maximum Gasteiger partial charge on any atom is 0.189 e. The monoisotopic (exact) mass is 548 g/mol. The quantitative estimate of drug-likeness (QED) is 0.225. The maximum atomic E-state index is 15.0. The van der Waals surface area contributed by atoms with Crippen LogP contribution in [0.5, 0.6) is 0 Å². The van der Waals surface area contributed by atoms with Crippen LogP contribution in [0, 0.1) is 0 Å². The van der Waals surface area contributed by atoms with Gasteiger partial charge >= 0.3 is 0 Å². The van der Waals surface area contributed by atoms with E-state index in [1.54, 1.807) is 22.0 Å². The molecule has 2 saturated carbocycles. The van der Waals surface area contributed by atoms with E-state index < -0.39 is 11.1 Å². The molecule has 4 unspecified atom stereocenters. The molecule has 0 amide bonds. The van der Waals surface area contributed by atoms with Crippen molar-refractivity contribution in [1.82, 2.24) is 29.5 Å². The summed E-state index contributed by atoms with van der Waals surface area (Å²) in [6, 6.07) is 37.8. The Morgan fingerprint density at radius 2 is 0.929 bits per heavy atom. The van der Waals surface area contributed by atoms with Gasteiger partial charge in [0.05, 0.1) is 0 Å². The molecule has 0 spiro atoms. The van der Waals surface area contributed by atoms with Crippen molar-refractivity contribution in [2.24, 2.45) is 0 Å². The molecule has 2 aromatic heterocycles. The zero-order chi connectivity index (χ0) is 28.1. The standard InChI is InChI=1S/C35H28N6O/c42-33(34(40-23-36-21-38-40)19-31(34)29-15-11-27(12-16-29)25-7-3-1-4-8-25)35(41-24-37-22-39-41)20-32(35)30-17-13-28(14-18-30)26-9-5-2-6-10-26/h1-18,21-24,31-32H,19-20H2. The summed E-state index contributed by atoms with van der Waals surface area (Å²) in [5, 5.41) is 9.03. The van der Waals surface area contributed by atoms with Crippen molar-refractivity contribution >= 4 is 5.78 Å². The Morgan fingerprint density at radius 3 is 1.29 bits per heavy atom. The summed E-state index contributed by atoms with van der Waals surface area (Å²) in [6.07, 6.45) is 7.70. The van der Waals surface area contributed by atoms with E-state index >= 15 is 0 Å². The molecule has 0 radical (unpaired) electrons. The van der Waals surface area contributed by atoms with Gasteiger partial charge in [0, 0.05) is 11.8 Å². The van der Waals surface area contributed by atoms with Gasteiger partial charge in [-0.05, 0) is 46.2 Å². The average molecular weight is 549 g/mol. The van der Waals surface area contributed by atoms with E-state index in [-0.39, 0.29) is 17.6 Å². The molecule has 42 heavy (non-hydrogen) atoms.